The van der Waals surface area contributed by atoms with E-state index in [1.54, 1.807) is 0 Å². The van der Waals surface area contributed by atoms with Crippen LogP contribution >= 0.6 is 0 Å². The molecule has 0 fully saturated rings. The molecule has 0 N–H and O–H groups in total. The van der Waals surface area contributed by atoms with Crippen LogP contribution in [0, 0.1) is 0 Å². The minimum Gasteiger partial charge on any atom is -1.00 e. The van der Waals surface area contributed by atoms with Gasteiger partial charge in [-0.15, -0.1) is 6.58 Å². The molecule has 0 aliphatic rings. The second kappa shape index (κ2) is 17.6. The first kappa shape index (κ1) is 24.5. The van der Waals surface area contributed by atoms with Gasteiger partial charge in [0.1, 0.15) is 0 Å². The average molecular weight is 347 g/mol. The van der Waals surface area contributed by atoms with Crippen molar-refractivity contribution in [3.8, 4) is 0 Å². The van der Waals surface area contributed by atoms with Crippen molar-refractivity contribution in [1.29, 1.82) is 0 Å². The second-order valence-electron chi connectivity index (χ2n) is 4.99. The van der Waals surface area contributed by atoms with Gasteiger partial charge < -0.3 is 1.43 Å². The van der Waals surface area contributed by atoms with Gasteiger partial charge in [-0.05, 0) is 6.42 Å². The van der Waals surface area contributed by atoms with E-state index in [2.05, 4.69) is 17.7 Å². The van der Waals surface area contributed by atoms with E-state index in [1.165, 1.54) is 51.0 Å². The van der Waals surface area contributed by atoms with Crippen LogP contribution in [0.1, 0.15) is 72.6 Å². The molecule has 0 saturated carbocycles. The van der Waals surface area contributed by atoms with Gasteiger partial charge in [-0.2, -0.15) is 8.42 Å². The van der Waals surface area contributed by atoms with Crippen molar-refractivity contribution < 1.29 is 69.6 Å². The Balaban J connectivity index is -0.00000180. The maximum atomic E-state index is 11.2. The van der Waals surface area contributed by atoms with E-state index >= 15 is 0 Å². The van der Waals surface area contributed by atoms with Crippen LogP contribution in [0.15, 0.2) is 12.7 Å². The predicted molar refractivity (Wildman–Crippen MR) is 84.0 cm³/mol. The first-order chi connectivity index (χ1) is 9.62. The summed E-state index contributed by atoms with van der Waals surface area (Å²) in [7, 11) is -3.83. The van der Waals surface area contributed by atoms with Crippen LogP contribution in [0.25, 0.3) is 0 Å². The summed E-state index contributed by atoms with van der Waals surface area (Å²) in [6.07, 6.45) is 13.4. The Bertz CT molecular complexity index is 324. The molecule has 21 heavy (non-hydrogen) atoms. The van der Waals surface area contributed by atoms with Gasteiger partial charge in [-0.25, -0.2) is 8.37 Å². The third-order valence-corrected chi connectivity index (χ3v) is 3.94. The molecule has 0 spiro atoms. The summed E-state index contributed by atoms with van der Waals surface area (Å²) in [5.41, 5.74) is 0. The summed E-state index contributed by atoms with van der Waals surface area (Å²) in [4.78, 5) is 0. The molecule has 0 unspecified atom stereocenters. The summed E-state index contributed by atoms with van der Waals surface area (Å²) in [5.74, 6) is 0. The van der Waals surface area contributed by atoms with Gasteiger partial charge in [0.2, 0.25) is 0 Å². The quantitative estimate of drug-likeness (QED) is 0.256. The van der Waals surface area contributed by atoms with E-state index in [1.807, 2.05) is 0 Å². The normalized spacial score (nSPS) is 11.1. The van der Waals surface area contributed by atoms with Crippen molar-refractivity contribution in [2.75, 3.05) is 13.2 Å². The molecule has 0 aliphatic heterocycles. The molecule has 0 saturated heterocycles. The molecule has 0 aromatic rings. The van der Waals surface area contributed by atoms with Crippen LogP contribution in [0.4, 0.5) is 0 Å². The number of rotatable bonds is 15. The molecule has 0 heterocycles. The van der Waals surface area contributed by atoms with Crippen molar-refractivity contribution >= 4 is 10.4 Å². The summed E-state index contributed by atoms with van der Waals surface area (Å²) >= 11 is 0. The molecule has 6 heteroatoms. The molecular weight excluding hydrogens is 315 g/mol. The largest absolute Gasteiger partial charge is 1.00 e. The van der Waals surface area contributed by atoms with Gasteiger partial charge in [-0.1, -0.05) is 70.8 Å². The first-order valence-corrected chi connectivity index (χ1v) is 9.10. The fourth-order valence-corrected chi connectivity index (χ4v) is 2.57. The maximum Gasteiger partial charge on any atom is 1.00 e. The van der Waals surface area contributed by atoms with Gasteiger partial charge in [-0.3, -0.25) is 0 Å². The molecular formula is C15H31KO4S. The second-order valence-corrected chi connectivity index (χ2v) is 6.27. The zero-order valence-electron chi connectivity index (χ0n) is 14.8. The van der Waals surface area contributed by atoms with Crippen molar-refractivity contribution in [2.24, 2.45) is 0 Å². The van der Waals surface area contributed by atoms with E-state index in [0.717, 1.165) is 19.3 Å². The Kier molecular flexibility index (Phi) is 20.5. The minimum atomic E-state index is -3.83. The molecule has 0 rings (SSSR count). The van der Waals surface area contributed by atoms with E-state index < -0.39 is 10.4 Å². The Morgan fingerprint density at radius 3 is 1.86 bits per heavy atom. The summed E-state index contributed by atoms with van der Waals surface area (Å²) in [6, 6.07) is 0. The van der Waals surface area contributed by atoms with Crippen molar-refractivity contribution in [1.82, 2.24) is 0 Å². The molecule has 4 nitrogen and oxygen atoms in total. The zero-order valence-corrected chi connectivity index (χ0v) is 17.8. The predicted octanol–water partition coefficient (Wildman–Crippen LogP) is 1.49. The van der Waals surface area contributed by atoms with Crippen LogP contribution in [0.5, 0.6) is 0 Å². The first-order valence-electron chi connectivity index (χ1n) is 7.77. The Morgan fingerprint density at radius 1 is 0.905 bits per heavy atom. The number of hydrogen-bond donors (Lipinski definition) is 0. The number of hydrogen-bond acceptors (Lipinski definition) is 4. The minimum absolute atomic E-state index is 0. The Hall–Kier alpha value is 1.25. The van der Waals surface area contributed by atoms with E-state index in [4.69, 9.17) is 4.18 Å². The summed E-state index contributed by atoms with van der Waals surface area (Å²) < 4.78 is 31.5. The van der Waals surface area contributed by atoms with Crippen LogP contribution in [0.2, 0.25) is 0 Å². The molecule has 0 radical (unpaired) electrons. The van der Waals surface area contributed by atoms with Gasteiger partial charge in [0.25, 0.3) is 0 Å². The van der Waals surface area contributed by atoms with Crippen LogP contribution < -0.4 is 51.4 Å². The Labute approximate surface area is 175 Å². The van der Waals surface area contributed by atoms with Crippen LogP contribution in [0.3, 0.4) is 0 Å². The van der Waals surface area contributed by atoms with E-state index in [9.17, 15) is 8.42 Å². The topological polar surface area (TPSA) is 52.6 Å². The Morgan fingerprint density at radius 2 is 1.38 bits per heavy atom. The number of unbranched alkanes of at least 4 members (excludes halogenated alkanes) is 9. The van der Waals surface area contributed by atoms with Gasteiger partial charge in [0.05, 0.1) is 13.2 Å². The molecule has 0 atom stereocenters. The standard InChI is InChI=1S/C15H30O4S.K.H/c1-3-5-6-7-8-9-10-11-12-13-15-19-20(16,17)18-14-4-2;;/h4H,2-3,5-15H2,1H3;;/q;+1;-1. The van der Waals surface area contributed by atoms with E-state index in [-0.39, 0.29) is 66.0 Å². The maximum absolute atomic E-state index is 11.2. The fourth-order valence-electron chi connectivity index (χ4n) is 1.92. The van der Waals surface area contributed by atoms with Crippen molar-refractivity contribution in [2.45, 2.75) is 71.1 Å². The summed E-state index contributed by atoms with van der Waals surface area (Å²) in [6.45, 7) is 5.77. The average Bonchev–Trinajstić information content (AvgIpc) is 2.42. The zero-order chi connectivity index (χ0) is 15.1. The third-order valence-electron chi connectivity index (χ3n) is 3.06. The monoisotopic (exact) mass is 346 g/mol. The molecule has 0 aromatic heterocycles. The summed E-state index contributed by atoms with van der Waals surface area (Å²) in [5, 5.41) is 0. The van der Waals surface area contributed by atoms with Gasteiger partial charge >= 0.3 is 61.8 Å². The van der Waals surface area contributed by atoms with Crippen molar-refractivity contribution in [3.63, 3.8) is 0 Å². The van der Waals surface area contributed by atoms with E-state index in [0.29, 0.717) is 0 Å². The van der Waals surface area contributed by atoms with Gasteiger partial charge in [0.15, 0.2) is 0 Å². The third kappa shape index (κ3) is 19.2. The molecule has 0 bridgehead atoms. The SMILES string of the molecule is C=CCOS(=O)(=O)OCCCCCCCCCCCC.[H-].[K+]. The molecule has 0 aromatic carbocycles. The molecule has 0 aliphatic carbocycles. The smallest absolute Gasteiger partial charge is 1.00 e. The van der Waals surface area contributed by atoms with Crippen LogP contribution in [-0.2, 0) is 18.8 Å². The van der Waals surface area contributed by atoms with Crippen LogP contribution in [-0.4, -0.2) is 21.6 Å². The van der Waals surface area contributed by atoms with Crippen molar-refractivity contribution in [3.05, 3.63) is 12.7 Å². The molecule has 0 amide bonds. The molecule has 122 valence electrons. The fraction of sp³-hybridized carbons (Fsp3) is 0.867. The van der Waals surface area contributed by atoms with Gasteiger partial charge in [0, 0.05) is 0 Å².